The van der Waals surface area contributed by atoms with E-state index >= 15 is 0 Å². The number of aldehydes is 1. The number of aliphatic hydroxyl groups excluding tert-OH is 2. The third-order valence-corrected chi connectivity index (χ3v) is 2.00. The van der Waals surface area contributed by atoms with E-state index in [2.05, 4.69) is 0 Å². The van der Waals surface area contributed by atoms with Gasteiger partial charge in [0.15, 0.2) is 6.29 Å². The van der Waals surface area contributed by atoms with Crippen molar-refractivity contribution in [1.29, 1.82) is 0 Å². The molecule has 0 aliphatic heterocycles. The van der Waals surface area contributed by atoms with Crippen LogP contribution >= 0.6 is 0 Å². The van der Waals surface area contributed by atoms with Crippen molar-refractivity contribution in [2.45, 2.75) is 6.10 Å². The normalized spacial score (nSPS) is 13.2. The average molecular weight is 223 g/mol. The highest BCUT2D eigenvalue weighted by Crippen LogP contribution is 2.23. The van der Waals surface area contributed by atoms with Crippen molar-refractivity contribution in [3.8, 4) is 0 Å². The van der Waals surface area contributed by atoms with Crippen molar-refractivity contribution < 1.29 is 19.9 Å². The summed E-state index contributed by atoms with van der Waals surface area (Å²) in [6.45, 7) is 0. The fraction of sp³-hybridized carbons (Fsp3) is 0.100. The van der Waals surface area contributed by atoms with Crippen LogP contribution in [0.3, 0.4) is 0 Å². The van der Waals surface area contributed by atoms with Crippen molar-refractivity contribution >= 4 is 12.0 Å². The second kappa shape index (κ2) is 5.04. The van der Waals surface area contributed by atoms with Gasteiger partial charge in [0.05, 0.1) is 16.8 Å². The number of nitro benzene ring substituents is 1. The Morgan fingerprint density at radius 1 is 1.50 bits per heavy atom. The molecule has 0 fully saturated rings. The number of nitrogens with zero attached hydrogens (tertiary/aromatic N) is 1. The first-order valence-corrected chi connectivity index (χ1v) is 4.32. The number of hydrogen-bond acceptors (Lipinski definition) is 5. The van der Waals surface area contributed by atoms with Crippen molar-refractivity contribution in [2.75, 3.05) is 0 Å². The van der Waals surface area contributed by atoms with Gasteiger partial charge in [-0.05, 0) is 5.56 Å². The quantitative estimate of drug-likeness (QED) is 0.263. The van der Waals surface area contributed by atoms with E-state index in [4.69, 9.17) is 5.11 Å². The second-order valence-corrected chi connectivity index (χ2v) is 3.00. The molecule has 84 valence electrons. The van der Waals surface area contributed by atoms with Gasteiger partial charge in [-0.3, -0.25) is 14.9 Å². The van der Waals surface area contributed by atoms with Crippen LogP contribution in [0, 0.1) is 10.1 Å². The summed E-state index contributed by atoms with van der Waals surface area (Å²) in [4.78, 5) is 20.3. The smallest absolute Gasteiger partial charge is 0.269 e. The fourth-order valence-electron chi connectivity index (χ4n) is 1.17. The molecule has 0 bridgehead atoms. The van der Waals surface area contributed by atoms with Gasteiger partial charge in [0.2, 0.25) is 0 Å². The summed E-state index contributed by atoms with van der Waals surface area (Å²) >= 11 is 0. The van der Waals surface area contributed by atoms with Gasteiger partial charge < -0.3 is 10.2 Å². The highest BCUT2D eigenvalue weighted by molar-refractivity contribution is 5.74. The molecule has 16 heavy (non-hydrogen) atoms. The standard InChI is InChI=1S/C10H9NO5/c12-5-8(6-13)10(14)7-2-1-3-9(4-7)11(15)16/h1-6,10,12,14H/b8-5+. The van der Waals surface area contributed by atoms with Crippen LogP contribution in [0.4, 0.5) is 5.69 Å². The molecule has 0 aliphatic carbocycles. The van der Waals surface area contributed by atoms with Crippen molar-refractivity contribution in [3.63, 3.8) is 0 Å². The molecule has 1 aromatic rings. The Morgan fingerprint density at radius 2 is 2.19 bits per heavy atom. The van der Waals surface area contributed by atoms with Gasteiger partial charge >= 0.3 is 0 Å². The van der Waals surface area contributed by atoms with Crippen LogP contribution in [0.1, 0.15) is 11.7 Å². The van der Waals surface area contributed by atoms with E-state index in [0.29, 0.717) is 6.26 Å². The number of carbonyl (C=O) groups is 1. The zero-order valence-corrected chi connectivity index (χ0v) is 8.11. The highest BCUT2D eigenvalue weighted by Gasteiger charge is 2.16. The Kier molecular flexibility index (Phi) is 3.73. The summed E-state index contributed by atoms with van der Waals surface area (Å²) in [5, 5.41) is 28.7. The van der Waals surface area contributed by atoms with E-state index in [1.165, 1.54) is 18.2 Å². The zero-order valence-electron chi connectivity index (χ0n) is 8.11. The third-order valence-electron chi connectivity index (χ3n) is 2.00. The summed E-state index contributed by atoms with van der Waals surface area (Å²) in [7, 11) is 0. The molecule has 0 heterocycles. The first kappa shape index (κ1) is 11.9. The molecule has 0 saturated heterocycles. The molecule has 0 aliphatic rings. The SMILES string of the molecule is O=C/C(=C\O)C(O)c1cccc([N+](=O)[O-])c1. The van der Waals surface area contributed by atoms with Crippen LogP contribution in [0.25, 0.3) is 0 Å². The number of non-ortho nitro benzene ring substituents is 1. The minimum absolute atomic E-state index is 0.168. The predicted octanol–water partition coefficient (Wildman–Crippen LogP) is 1.27. The first-order valence-electron chi connectivity index (χ1n) is 4.32. The van der Waals surface area contributed by atoms with E-state index in [1.807, 2.05) is 0 Å². The van der Waals surface area contributed by atoms with Crippen LogP contribution in [-0.2, 0) is 4.79 Å². The maximum absolute atomic E-state index is 10.5. The summed E-state index contributed by atoms with van der Waals surface area (Å²) in [5.74, 6) is 0. The number of benzene rings is 1. The minimum atomic E-state index is -1.37. The molecule has 0 aromatic heterocycles. The molecule has 0 amide bonds. The van der Waals surface area contributed by atoms with E-state index in [-0.39, 0.29) is 23.1 Å². The lowest BCUT2D eigenvalue weighted by Crippen LogP contribution is -2.03. The second-order valence-electron chi connectivity index (χ2n) is 3.00. The molecule has 0 saturated carbocycles. The number of rotatable bonds is 4. The monoisotopic (exact) mass is 223 g/mol. The van der Waals surface area contributed by atoms with Crippen LogP contribution in [0.5, 0.6) is 0 Å². The minimum Gasteiger partial charge on any atom is -0.515 e. The van der Waals surface area contributed by atoms with E-state index in [1.54, 1.807) is 0 Å². The lowest BCUT2D eigenvalue weighted by molar-refractivity contribution is -0.385. The number of carbonyl (C=O) groups excluding carboxylic acids is 1. The molecule has 1 rings (SSSR count). The number of nitro groups is 1. The summed E-state index contributed by atoms with van der Waals surface area (Å²) in [6.07, 6.45) is -0.623. The van der Waals surface area contributed by atoms with Gasteiger partial charge in [0, 0.05) is 12.1 Å². The van der Waals surface area contributed by atoms with Gasteiger partial charge in [0.25, 0.3) is 5.69 Å². The van der Waals surface area contributed by atoms with Gasteiger partial charge in [-0.25, -0.2) is 0 Å². The predicted molar refractivity (Wildman–Crippen MR) is 54.8 cm³/mol. The lowest BCUT2D eigenvalue weighted by Gasteiger charge is -2.08. The molecule has 1 aromatic carbocycles. The average Bonchev–Trinajstić information content (AvgIpc) is 2.30. The van der Waals surface area contributed by atoms with Crippen molar-refractivity contribution in [1.82, 2.24) is 0 Å². The Hall–Kier alpha value is -2.21. The maximum Gasteiger partial charge on any atom is 0.269 e. The van der Waals surface area contributed by atoms with Crippen LogP contribution in [0.2, 0.25) is 0 Å². The van der Waals surface area contributed by atoms with Crippen molar-refractivity contribution in [2.24, 2.45) is 0 Å². The summed E-state index contributed by atoms with van der Waals surface area (Å²) < 4.78 is 0. The number of hydrogen-bond donors (Lipinski definition) is 2. The zero-order chi connectivity index (χ0) is 12.1. The van der Waals surface area contributed by atoms with E-state index < -0.39 is 11.0 Å². The van der Waals surface area contributed by atoms with E-state index in [0.717, 1.165) is 6.07 Å². The van der Waals surface area contributed by atoms with Crippen LogP contribution in [-0.4, -0.2) is 21.4 Å². The van der Waals surface area contributed by atoms with Gasteiger partial charge in [0.1, 0.15) is 6.10 Å². The van der Waals surface area contributed by atoms with Gasteiger partial charge in [-0.15, -0.1) is 0 Å². The number of aliphatic hydroxyl groups is 2. The Bertz CT molecular complexity index is 441. The molecule has 2 N–H and O–H groups in total. The largest absolute Gasteiger partial charge is 0.515 e. The van der Waals surface area contributed by atoms with Gasteiger partial charge in [-0.2, -0.15) is 0 Å². The topological polar surface area (TPSA) is 101 Å². The van der Waals surface area contributed by atoms with Gasteiger partial charge in [-0.1, -0.05) is 12.1 Å². The molecular formula is C10H9NO5. The molecule has 1 atom stereocenters. The van der Waals surface area contributed by atoms with Crippen LogP contribution < -0.4 is 0 Å². The Balaban J connectivity index is 3.09. The highest BCUT2D eigenvalue weighted by atomic mass is 16.6. The molecule has 1 unspecified atom stereocenters. The molecular weight excluding hydrogens is 214 g/mol. The van der Waals surface area contributed by atoms with E-state index in [9.17, 15) is 20.0 Å². The van der Waals surface area contributed by atoms with Crippen LogP contribution in [0.15, 0.2) is 36.1 Å². The lowest BCUT2D eigenvalue weighted by atomic mass is 10.0. The maximum atomic E-state index is 10.5. The fourth-order valence-corrected chi connectivity index (χ4v) is 1.17. The molecule has 0 spiro atoms. The molecule has 6 heteroatoms. The Labute approximate surface area is 90.6 Å². The summed E-state index contributed by atoms with van der Waals surface area (Å²) in [6, 6.07) is 5.21. The summed E-state index contributed by atoms with van der Waals surface area (Å²) in [5.41, 5.74) is -0.290. The van der Waals surface area contributed by atoms with Crippen molar-refractivity contribution in [3.05, 3.63) is 51.8 Å². The Morgan fingerprint density at radius 3 is 2.69 bits per heavy atom. The molecule has 0 radical (unpaired) electrons. The third kappa shape index (κ3) is 2.43. The first-order chi connectivity index (χ1) is 7.60. The molecule has 6 nitrogen and oxygen atoms in total.